The second-order valence-electron chi connectivity index (χ2n) is 3.48. The van der Waals surface area contributed by atoms with Gasteiger partial charge in [0.25, 0.3) is 5.91 Å². The molecule has 1 aromatic rings. The van der Waals surface area contributed by atoms with E-state index in [0.29, 0.717) is 15.6 Å². The van der Waals surface area contributed by atoms with Gasteiger partial charge < -0.3 is 5.32 Å². The van der Waals surface area contributed by atoms with Gasteiger partial charge in [0.2, 0.25) is 0 Å². The minimum Gasteiger partial charge on any atom is -0.350 e. The maximum atomic E-state index is 11.8. The highest BCUT2D eigenvalue weighted by Gasteiger charge is 2.12. The Balaban J connectivity index is 2.73. The average molecular weight is 325 g/mol. The number of alkyl halides is 1. The Bertz CT molecular complexity index is 384. The van der Waals surface area contributed by atoms with Crippen LogP contribution in [-0.4, -0.2) is 17.3 Å². The van der Waals surface area contributed by atoms with Crippen molar-refractivity contribution in [2.45, 2.75) is 19.4 Å². The van der Waals surface area contributed by atoms with Gasteiger partial charge in [-0.3, -0.25) is 4.79 Å². The van der Waals surface area contributed by atoms with E-state index in [1.54, 1.807) is 18.2 Å². The molecule has 1 atom stereocenters. The summed E-state index contributed by atoms with van der Waals surface area (Å²) >= 11 is 15.0. The molecule has 0 radical (unpaired) electrons. The first-order chi connectivity index (χ1) is 7.54. The molecule has 0 aliphatic rings. The summed E-state index contributed by atoms with van der Waals surface area (Å²) in [6.07, 6.45) is 0.872. The van der Waals surface area contributed by atoms with Crippen LogP contribution in [-0.2, 0) is 0 Å². The second kappa shape index (κ2) is 6.48. The molecule has 16 heavy (non-hydrogen) atoms. The van der Waals surface area contributed by atoms with E-state index >= 15 is 0 Å². The number of benzene rings is 1. The molecule has 1 N–H and O–H groups in total. The van der Waals surface area contributed by atoms with Crippen LogP contribution >= 0.6 is 39.1 Å². The number of nitrogens with one attached hydrogen (secondary N) is 1. The van der Waals surface area contributed by atoms with Gasteiger partial charge in [-0.05, 0) is 31.5 Å². The van der Waals surface area contributed by atoms with Crippen LogP contribution < -0.4 is 5.32 Å². The third-order valence-corrected chi connectivity index (χ3v) is 3.10. The summed E-state index contributed by atoms with van der Waals surface area (Å²) in [7, 11) is 0. The van der Waals surface area contributed by atoms with E-state index in [0.717, 1.165) is 11.8 Å². The van der Waals surface area contributed by atoms with Crippen molar-refractivity contribution in [3.8, 4) is 0 Å². The quantitative estimate of drug-likeness (QED) is 0.836. The summed E-state index contributed by atoms with van der Waals surface area (Å²) in [5, 5.41) is 4.61. The Hall–Kier alpha value is -0.250. The normalized spacial score (nSPS) is 12.2. The van der Waals surface area contributed by atoms with Crippen molar-refractivity contribution >= 4 is 45.0 Å². The van der Waals surface area contributed by atoms with E-state index in [1.807, 2.05) is 6.92 Å². The molecule has 0 saturated heterocycles. The van der Waals surface area contributed by atoms with Gasteiger partial charge in [-0.1, -0.05) is 39.1 Å². The van der Waals surface area contributed by atoms with Gasteiger partial charge in [-0.2, -0.15) is 0 Å². The first-order valence-corrected chi connectivity index (χ1v) is 6.74. The summed E-state index contributed by atoms with van der Waals surface area (Å²) in [6, 6.07) is 4.95. The highest BCUT2D eigenvalue weighted by atomic mass is 79.9. The fourth-order valence-corrected chi connectivity index (χ4v) is 2.39. The molecule has 0 saturated carbocycles. The van der Waals surface area contributed by atoms with Gasteiger partial charge in [0, 0.05) is 16.4 Å². The van der Waals surface area contributed by atoms with Crippen molar-refractivity contribution in [3.05, 3.63) is 33.8 Å². The number of rotatable bonds is 4. The molecule has 2 nitrogen and oxygen atoms in total. The number of amides is 1. The van der Waals surface area contributed by atoms with E-state index in [4.69, 9.17) is 23.2 Å². The molecule has 0 bridgehead atoms. The van der Waals surface area contributed by atoms with E-state index in [2.05, 4.69) is 21.2 Å². The van der Waals surface area contributed by atoms with Crippen LogP contribution in [0.2, 0.25) is 10.0 Å². The van der Waals surface area contributed by atoms with Crippen LogP contribution in [0.1, 0.15) is 23.7 Å². The molecule has 0 fully saturated rings. The molecule has 1 rings (SSSR count). The van der Waals surface area contributed by atoms with Gasteiger partial charge in [0.1, 0.15) is 0 Å². The Morgan fingerprint density at radius 3 is 2.75 bits per heavy atom. The lowest BCUT2D eigenvalue weighted by Crippen LogP contribution is -2.32. The third-order valence-electron chi connectivity index (χ3n) is 2.10. The lowest BCUT2D eigenvalue weighted by atomic mass is 10.2. The fourth-order valence-electron chi connectivity index (χ4n) is 1.21. The number of hydrogen-bond donors (Lipinski definition) is 1. The predicted octanol–water partition coefficient (Wildman–Crippen LogP) is 3.90. The molecule has 0 aliphatic heterocycles. The van der Waals surface area contributed by atoms with Crippen molar-refractivity contribution in [2.75, 3.05) is 5.33 Å². The summed E-state index contributed by atoms with van der Waals surface area (Å²) in [5.74, 6) is -0.171. The van der Waals surface area contributed by atoms with Crippen LogP contribution in [0.25, 0.3) is 0 Å². The zero-order valence-corrected chi connectivity index (χ0v) is 11.9. The lowest BCUT2D eigenvalue weighted by Gasteiger charge is -2.13. The number of carbonyl (C=O) groups excluding carboxylic acids is 1. The summed E-state index contributed by atoms with van der Waals surface area (Å²) in [6.45, 7) is 1.95. The van der Waals surface area contributed by atoms with E-state index in [9.17, 15) is 4.79 Å². The first kappa shape index (κ1) is 13.8. The molecule has 0 spiro atoms. The largest absolute Gasteiger partial charge is 0.350 e. The second-order valence-corrected chi connectivity index (χ2v) is 5.11. The van der Waals surface area contributed by atoms with E-state index in [1.165, 1.54) is 0 Å². The van der Waals surface area contributed by atoms with Gasteiger partial charge in [0.15, 0.2) is 0 Å². The monoisotopic (exact) mass is 323 g/mol. The zero-order chi connectivity index (χ0) is 12.1. The zero-order valence-electron chi connectivity index (χ0n) is 8.77. The molecular formula is C11H12BrCl2NO. The Kier molecular flexibility index (Phi) is 5.59. The van der Waals surface area contributed by atoms with Crippen molar-refractivity contribution in [3.63, 3.8) is 0 Å². The van der Waals surface area contributed by atoms with Gasteiger partial charge in [0.05, 0.1) is 10.6 Å². The third kappa shape index (κ3) is 3.96. The Morgan fingerprint density at radius 1 is 1.50 bits per heavy atom. The molecule has 88 valence electrons. The molecule has 5 heteroatoms. The number of hydrogen-bond acceptors (Lipinski definition) is 1. The first-order valence-electron chi connectivity index (χ1n) is 4.86. The van der Waals surface area contributed by atoms with E-state index < -0.39 is 0 Å². The van der Waals surface area contributed by atoms with Crippen LogP contribution in [0.5, 0.6) is 0 Å². The van der Waals surface area contributed by atoms with Crippen molar-refractivity contribution < 1.29 is 4.79 Å². The molecular weight excluding hydrogens is 313 g/mol. The van der Waals surface area contributed by atoms with Crippen LogP contribution in [0, 0.1) is 0 Å². The smallest absolute Gasteiger partial charge is 0.253 e. The topological polar surface area (TPSA) is 29.1 Å². The van der Waals surface area contributed by atoms with Gasteiger partial charge in [-0.25, -0.2) is 0 Å². The summed E-state index contributed by atoms with van der Waals surface area (Å²) < 4.78 is 0. The predicted molar refractivity (Wildman–Crippen MR) is 71.8 cm³/mol. The number of halogens is 3. The summed E-state index contributed by atoms with van der Waals surface area (Å²) in [5.41, 5.74) is 0.451. The molecule has 0 aliphatic carbocycles. The van der Waals surface area contributed by atoms with Crippen LogP contribution in [0.3, 0.4) is 0 Å². The summed E-state index contributed by atoms with van der Waals surface area (Å²) in [4.78, 5) is 11.8. The maximum absolute atomic E-state index is 11.8. The fraction of sp³-hybridized carbons (Fsp3) is 0.364. The van der Waals surface area contributed by atoms with Crippen LogP contribution in [0.15, 0.2) is 18.2 Å². The Labute approximate surface area is 113 Å². The number of carbonyl (C=O) groups is 1. The molecule has 0 heterocycles. The van der Waals surface area contributed by atoms with Gasteiger partial charge in [-0.15, -0.1) is 0 Å². The SMILES string of the molecule is CC(CCBr)NC(=O)c1ccc(Cl)cc1Cl. The molecule has 1 aromatic carbocycles. The Morgan fingerprint density at radius 2 is 2.19 bits per heavy atom. The van der Waals surface area contributed by atoms with Crippen LogP contribution in [0.4, 0.5) is 0 Å². The lowest BCUT2D eigenvalue weighted by molar-refractivity contribution is 0.0940. The standard InChI is InChI=1S/C11H12BrCl2NO/c1-7(4-5-12)15-11(16)9-3-2-8(13)6-10(9)14/h2-3,6-7H,4-5H2,1H3,(H,15,16). The average Bonchev–Trinajstić information content (AvgIpc) is 2.17. The van der Waals surface area contributed by atoms with Crippen molar-refractivity contribution in [1.29, 1.82) is 0 Å². The van der Waals surface area contributed by atoms with Gasteiger partial charge >= 0.3 is 0 Å². The van der Waals surface area contributed by atoms with Crippen molar-refractivity contribution in [2.24, 2.45) is 0 Å². The molecule has 0 aromatic heterocycles. The highest BCUT2D eigenvalue weighted by molar-refractivity contribution is 9.09. The van der Waals surface area contributed by atoms with E-state index in [-0.39, 0.29) is 11.9 Å². The minimum absolute atomic E-state index is 0.110. The molecule has 1 amide bonds. The molecule has 1 unspecified atom stereocenters. The highest BCUT2D eigenvalue weighted by Crippen LogP contribution is 2.20. The maximum Gasteiger partial charge on any atom is 0.253 e. The van der Waals surface area contributed by atoms with Crippen molar-refractivity contribution in [1.82, 2.24) is 5.32 Å². The minimum atomic E-state index is -0.171.